The van der Waals surface area contributed by atoms with Gasteiger partial charge in [0, 0.05) is 0 Å². The predicted octanol–water partition coefficient (Wildman–Crippen LogP) is 3.82. The van der Waals surface area contributed by atoms with E-state index in [1.807, 2.05) is 0 Å². The molecule has 0 unspecified atom stereocenters. The summed E-state index contributed by atoms with van der Waals surface area (Å²) < 4.78 is 6.05. The van der Waals surface area contributed by atoms with Gasteiger partial charge in [0.15, 0.2) is 0 Å². The number of aryl methyl sites for hydroxylation is 2. The summed E-state index contributed by atoms with van der Waals surface area (Å²) in [5, 5.41) is 0. The Balaban J connectivity index is 1.55. The van der Waals surface area contributed by atoms with Gasteiger partial charge in [-0.1, -0.05) is 12.1 Å². The molecule has 110 valence electrons. The van der Waals surface area contributed by atoms with E-state index >= 15 is 0 Å². The molecule has 2 heterocycles. The van der Waals surface area contributed by atoms with E-state index in [9.17, 15) is 0 Å². The summed E-state index contributed by atoms with van der Waals surface area (Å²) in [5.74, 6) is 1.10. The van der Waals surface area contributed by atoms with Gasteiger partial charge >= 0.3 is 0 Å². The number of ether oxygens (including phenoxy) is 1. The van der Waals surface area contributed by atoms with E-state index < -0.39 is 0 Å². The van der Waals surface area contributed by atoms with E-state index in [0.29, 0.717) is 0 Å². The highest BCUT2D eigenvalue weighted by Gasteiger charge is 2.26. The highest BCUT2D eigenvalue weighted by atomic mass is 16.5. The predicted molar refractivity (Wildman–Crippen MR) is 83.5 cm³/mol. The lowest BCUT2D eigenvalue weighted by Gasteiger charge is -2.32. The van der Waals surface area contributed by atoms with Crippen molar-refractivity contribution in [3.63, 3.8) is 0 Å². The summed E-state index contributed by atoms with van der Waals surface area (Å²) in [6.45, 7) is 8.25. The Hall–Kier alpha value is -1.02. The smallest absolute Gasteiger partial charge is 0.123 e. The Bertz CT molecular complexity index is 460. The van der Waals surface area contributed by atoms with Gasteiger partial charge in [-0.25, -0.2) is 0 Å². The first kappa shape index (κ1) is 13.9. The van der Waals surface area contributed by atoms with Crippen LogP contribution in [-0.4, -0.2) is 30.1 Å². The lowest BCUT2D eigenvalue weighted by atomic mass is 9.93. The summed E-state index contributed by atoms with van der Waals surface area (Å²) in [6, 6.07) is 6.81. The third-order valence-electron chi connectivity index (χ3n) is 4.65. The first-order valence-electron chi connectivity index (χ1n) is 8.16. The Morgan fingerprint density at radius 1 is 1.20 bits per heavy atom. The van der Waals surface area contributed by atoms with E-state index in [2.05, 4.69) is 36.9 Å². The second-order valence-corrected chi connectivity index (χ2v) is 6.96. The molecule has 20 heavy (non-hydrogen) atoms. The zero-order chi connectivity index (χ0) is 14.0. The lowest BCUT2D eigenvalue weighted by Crippen LogP contribution is -2.32. The van der Waals surface area contributed by atoms with Crippen LogP contribution in [0.4, 0.5) is 0 Å². The van der Waals surface area contributed by atoms with Crippen molar-refractivity contribution < 1.29 is 4.74 Å². The Morgan fingerprint density at radius 3 is 2.80 bits per heavy atom. The maximum absolute atomic E-state index is 6.05. The van der Waals surface area contributed by atoms with Gasteiger partial charge in [0.2, 0.25) is 0 Å². The van der Waals surface area contributed by atoms with Gasteiger partial charge < -0.3 is 9.64 Å². The molecule has 0 saturated carbocycles. The summed E-state index contributed by atoms with van der Waals surface area (Å²) >= 11 is 0. The maximum Gasteiger partial charge on any atom is 0.123 e. The van der Waals surface area contributed by atoms with Crippen molar-refractivity contribution in [2.45, 2.75) is 58.0 Å². The third kappa shape index (κ3) is 3.35. The van der Waals surface area contributed by atoms with Crippen LogP contribution in [0.25, 0.3) is 0 Å². The Morgan fingerprint density at radius 2 is 2.00 bits per heavy atom. The van der Waals surface area contributed by atoms with Gasteiger partial charge in [0.05, 0.1) is 0 Å². The van der Waals surface area contributed by atoms with Gasteiger partial charge in [-0.05, 0) is 89.2 Å². The third-order valence-corrected chi connectivity index (χ3v) is 4.65. The second-order valence-electron chi connectivity index (χ2n) is 6.96. The average Bonchev–Trinajstić information content (AvgIpc) is 2.91. The first-order valence-corrected chi connectivity index (χ1v) is 8.16. The normalized spacial score (nSPS) is 21.5. The van der Waals surface area contributed by atoms with E-state index in [1.54, 1.807) is 0 Å². The summed E-state index contributed by atoms with van der Waals surface area (Å²) in [6.07, 6.45) is 7.55. The number of rotatable bonds is 4. The zero-order valence-electron chi connectivity index (χ0n) is 13.0. The molecule has 1 saturated heterocycles. The molecule has 0 aromatic heterocycles. The molecule has 0 atom stereocenters. The number of benzene rings is 1. The fraction of sp³-hybridized carbons (Fsp3) is 0.667. The minimum atomic E-state index is 0.00424. The molecule has 1 aromatic carbocycles. The molecule has 0 bridgehead atoms. The first-order chi connectivity index (χ1) is 9.62. The molecular weight excluding hydrogens is 246 g/mol. The van der Waals surface area contributed by atoms with Crippen LogP contribution in [-0.2, 0) is 12.8 Å². The van der Waals surface area contributed by atoms with E-state index in [0.717, 1.165) is 18.6 Å². The molecule has 0 amide bonds. The number of hydrogen-bond donors (Lipinski definition) is 0. The second kappa shape index (κ2) is 5.77. The van der Waals surface area contributed by atoms with Gasteiger partial charge in [0.25, 0.3) is 0 Å². The molecule has 0 aliphatic carbocycles. The molecule has 2 aliphatic heterocycles. The number of fused-ring (bicyclic) bond motifs is 1. The quantitative estimate of drug-likeness (QED) is 0.827. The van der Waals surface area contributed by atoms with E-state index in [-0.39, 0.29) is 5.60 Å². The highest BCUT2D eigenvalue weighted by molar-refractivity contribution is 5.39. The van der Waals surface area contributed by atoms with Crippen LogP contribution in [0.2, 0.25) is 0 Å². The molecule has 1 aromatic rings. The van der Waals surface area contributed by atoms with Crippen LogP contribution in [0.5, 0.6) is 5.75 Å². The monoisotopic (exact) mass is 273 g/mol. The van der Waals surface area contributed by atoms with Crippen molar-refractivity contribution >= 4 is 0 Å². The van der Waals surface area contributed by atoms with Crippen LogP contribution < -0.4 is 4.74 Å². The van der Waals surface area contributed by atoms with Crippen molar-refractivity contribution in [1.29, 1.82) is 0 Å². The summed E-state index contributed by atoms with van der Waals surface area (Å²) in [5.41, 5.74) is 2.89. The van der Waals surface area contributed by atoms with E-state index in [4.69, 9.17) is 4.74 Å². The van der Waals surface area contributed by atoms with Crippen LogP contribution in [0.3, 0.4) is 0 Å². The lowest BCUT2D eigenvalue weighted by molar-refractivity contribution is 0.0846. The van der Waals surface area contributed by atoms with Crippen molar-refractivity contribution in [3.05, 3.63) is 29.3 Å². The summed E-state index contributed by atoms with van der Waals surface area (Å²) in [4.78, 5) is 2.60. The van der Waals surface area contributed by atoms with Crippen LogP contribution in [0, 0.1) is 0 Å². The fourth-order valence-corrected chi connectivity index (χ4v) is 3.38. The van der Waals surface area contributed by atoms with Crippen molar-refractivity contribution in [2.24, 2.45) is 0 Å². The van der Waals surface area contributed by atoms with Gasteiger partial charge in [-0.3, -0.25) is 0 Å². The number of hydrogen-bond acceptors (Lipinski definition) is 2. The van der Waals surface area contributed by atoms with Crippen LogP contribution in [0.15, 0.2) is 18.2 Å². The molecule has 1 fully saturated rings. The molecule has 2 heteroatoms. The van der Waals surface area contributed by atoms with E-state index in [1.165, 1.54) is 56.4 Å². The summed E-state index contributed by atoms with van der Waals surface area (Å²) in [7, 11) is 0. The SMILES string of the molecule is CC1(C)CCc2cc(CCCN3CCCC3)ccc2O1. The van der Waals surface area contributed by atoms with Gasteiger partial charge in [-0.2, -0.15) is 0 Å². The largest absolute Gasteiger partial charge is 0.488 e. The fourth-order valence-electron chi connectivity index (χ4n) is 3.38. The molecule has 0 N–H and O–H groups in total. The van der Waals surface area contributed by atoms with Crippen molar-refractivity contribution in [2.75, 3.05) is 19.6 Å². The zero-order valence-corrected chi connectivity index (χ0v) is 13.0. The Kier molecular flexibility index (Phi) is 4.02. The van der Waals surface area contributed by atoms with Crippen LogP contribution >= 0.6 is 0 Å². The molecule has 0 radical (unpaired) electrons. The van der Waals surface area contributed by atoms with Crippen molar-refractivity contribution in [3.8, 4) is 5.75 Å². The maximum atomic E-state index is 6.05. The van der Waals surface area contributed by atoms with Gasteiger partial charge in [-0.15, -0.1) is 0 Å². The van der Waals surface area contributed by atoms with Gasteiger partial charge in [0.1, 0.15) is 11.4 Å². The molecule has 2 nitrogen and oxygen atoms in total. The van der Waals surface area contributed by atoms with Crippen molar-refractivity contribution in [1.82, 2.24) is 4.90 Å². The average molecular weight is 273 g/mol. The molecule has 2 aliphatic rings. The molecule has 3 rings (SSSR count). The minimum Gasteiger partial charge on any atom is -0.488 e. The topological polar surface area (TPSA) is 12.5 Å². The molecule has 0 spiro atoms. The standard InChI is InChI=1S/C18H27NO/c1-18(2)10-9-16-14-15(7-8-17(16)20-18)6-5-13-19-11-3-4-12-19/h7-8,14H,3-6,9-13H2,1-2H3. The number of nitrogens with zero attached hydrogens (tertiary/aromatic N) is 1. The molecular formula is C18H27NO. The van der Waals surface area contributed by atoms with Crippen LogP contribution in [0.1, 0.15) is 50.7 Å². The highest BCUT2D eigenvalue weighted by Crippen LogP contribution is 2.33. The minimum absolute atomic E-state index is 0.00424. The Labute approximate surface area is 123 Å². The number of likely N-dealkylation sites (tertiary alicyclic amines) is 1.